The summed E-state index contributed by atoms with van der Waals surface area (Å²) in [5, 5.41) is 2.82. The lowest BCUT2D eigenvalue weighted by atomic mass is 10.1. The summed E-state index contributed by atoms with van der Waals surface area (Å²) in [6.45, 7) is 8.16. The molecule has 1 unspecified atom stereocenters. The van der Waals surface area contributed by atoms with Crippen molar-refractivity contribution in [2.75, 3.05) is 6.54 Å². The molecule has 1 aromatic carbocycles. The predicted octanol–water partition coefficient (Wildman–Crippen LogP) is 2.82. The molecule has 0 aliphatic rings. The number of ketones is 1. The van der Waals surface area contributed by atoms with Crippen LogP contribution in [0.3, 0.4) is 0 Å². The summed E-state index contributed by atoms with van der Waals surface area (Å²) < 4.78 is 5.63. The van der Waals surface area contributed by atoms with Gasteiger partial charge in [0, 0.05) is 13.0 Å². The number of ether oxygens (including phenoxy) is 1. The monoisotopic (exact) mass is 277 g/mol. The Morgan fingerprint density at radius 3 is 2.45 bits per heavy atom. The van der Waals surface area contributed by atoms with Gasteiger partial charge < -0.3 is 10.1 Å². The second kappa shape index (κ2) is 7.68. The quantitative estimate of drug-likeness (QED) is 0.780. The number of benzene rings is 1. The molecule has 20 heavy (non-hydrogen) atoms. The maximum absolute atomic E-state index is 11.9. The van der Waals surface area contributed by atoms with Gasteiger partial charge in [0.25, 0.3) is 5.91 Å². The fourth-order valence-corrected chi connectivity index (χ4v) is 1.68. The lowest BCUT2D eigenvalue weighted by Crippen LogP contribution is -2.38. The van der Waals surface area contributed by atoms with Crippen LogP contribution in [-0.4, -0.2) is 24.3 Å². The minimum Gasteiger partial charge on any atom is -0.480 e. The van der Waals surface area contributed by atoms with Crippen LogP contribution in [0.25, 0.3) is 0 Å². The average Bonchev–Trinajstić information content (AvgIpc) is 2.44. The highest BCUT2D eigenvalue weighted by atomic mass is 16.5. The third-order valence-corrected chi connectivity index (χ3v) is 2.87. The number of rotatable bonds is 7. The van der Waals surface area contributed by atoms with Crippen molar-refractivity contribution < 1.29 is 14.3 Å². The first-order chi connectivity index (χ1) is 9.45. The molecule has 4 heteroatoms. The van der Waals surface area contributed by atoms with Crippen molar-refractivity contribution in [3.8, 4) is 5.75 Å². The van der Waals surface area contributed by atoms with E-state index < -0.39 is 6.10 Å². The third kappa shape index (κ3) is 4.68. The smallest absolute Gasteiger partial charge is 0.260 e. The first kappa shape index (κ1) is 16.2. The van der Waals surface area contributed by atoms with Crippen LogP contribution in [0.4, 0.5) is 0 Å². The number of nitrogens with one attached hydrogen (secondary N) is 1. The van der Waals surface area contributed by atoms with E-state index in [1.165, 1.54) is 0 Å². The van der Waals surface area contributed by atoms with Crippen molar-refractivity contribution in [1.82, 2.24) is 5.32 Å². The zero-order valence-electron chi connectivity index (χ0n) is 12.6. The summed E-state index contributed by atoms with van der Waals surface area (Å²) in [7, 11) is 0. The predicted molar refractivity (Wildman–Crippen MR) is 79.0 cm³/mol. The lowest BCUT2D eigenvalue weighted by Gasteiger charge is -2.17. The first-order valence-electron chi connectivity index (χ1n) is 7.02. The molecule has 1 rings (SSSR count). The van der Waals surface area contributed by atoms with Gasteiger partial charge in [0.05, 0.1) is 5.56 Å². The normalized spacial score (nSPS) is 12.1. The fraction of sp³-hybridized carbons (Fsp3) is 0.500. The Bertz CT molecular complexity index is 469. The first-order valence-corrected chi connectivity index (χ1v) is 7.02. The largest absolute Gasteiger partial charge is 0.480 e. The molecule has 0 aromatic heterocycles. The Balaban J connectivity index is 2.73. The molecule has 0 aliphatic carbocycles. The highest BCUT2D eigenvalue weighted by molar-refractivity contribution is 5.98. The van der Waals surface area contributed by atoms with E-state index in [4.69, 9.17) is 4.74 Å². The minimum absolute atomic E-state index is 0.00962. The van der Waals surface area contributed by atoms with E-state index in [0.717, 1.165) is 0 Å². The molecular formula is C16H23NO3. The van der Waals surface area contributed by atoms with Crippen molar-refractivity contribution in [1.29, 1.82) is 0 Å². The molecule has 1 aromatic rings. The van der Waals surface area contributed by atoms with Gasteiger partial charge in [-0.15, -0.1) is 0 Å². The summed E-state index contributed by atoms with van der Waals surface area (Å²) >= 11 is 0. The van der Waals surface area contributed by atoms with Crippen LogP contribution in [-0.2, 0) is 4.79 Å². The van der Waals surface area contributed by atoms with Gasteiger partial charge in [0.15, 0.2) is 11.9 Å². The van der Waals surface area contributed by atoms with Gasteiger partial charge in [-0.05, 0) is 25.0 Å². The van der Waals surface area contributed by atoms with Crippen LogP contribution in [0, 0.1) is 5.92 Å². The van der Waals surface area contributed by atoms with Crippen molar-refractivity contribution in [2.45, 2.75) is 40.2 Å². The molecule has 0 heterocycles. The van der Waals surface area contributed by atoms with Crippen LogP contribution in [0.15, 0.2) is 24.3 Å². The number of Topliss-reactive ketones (excluding diaryl/α,β-unsaturated/α-hetero) is 1. The van der Waals surface area contributed by atoms with Crippen LogP contribution >= 0.6 is 0 Å². The second-order valence-corrected chi connectivity index (χ2v) is 5.17. The summed E-state index contributed by atoms with van der Waals surface area (Å²) in [5.74, 6) is 0.694. The van der Waals surface area contributed by atoms with E-state index in [1.54, 1.807) is 38.1 Å². The van der Waals surface area contributed by atoms with Gasteiger partial charge >= 0.3 is 0 Å². The van der Waals surface area contributed by atoms with E-state index in [9.17, 15) is 9.59 Å². The van der Waals surface area contributed by atoms with Crippen LogP contribution < -0.4 is 10.1 Å². The molecule has 1 N–H and O–H groups in total. The topological polar surface area (TPSA) is 55.4 Å². The van der Waals surface area contributed by atoms with Crippen LogP contribution in [0.2, 0.25) is 0 Å². The Kier molecular flexibility index (Phi) is 6.22. The molecule has 0 aliphatic heterocycles. The molecule has 0 spiro atoms. The molecule has 0 fully saturated rings. The maximum Gasteiger partial charge on any atom is 0.260 e. The van der Waals surface area contributed by atoms with Crippen molar-refractivity contribution >= 4 is 11.7 Å². The molecule has 0 radical (unpaired) electrons. The minimum atomic E-state index is -0.625. The third-order valence-electron chi connectivity index (χ3n) is 2.87. The second-order valence-electron chi connectivity index (χ2n) is 5.17. The van der Waals surface area contributed by atoms with Gasteiger partial charge in [0.2, 0.25) is 0 Å². The number of hydrogen-bond donors (Lipinski definition) is 1. The number of carbonyl (C=O) groups excluding carboxylic acids is 2. The van der Waals surface area contributed by atoms with Crippen LogP contribution in [0.1, 0.15) is 44.5 Å². The van der Waals surface area contributed by atoms with Gasteiger partial charge in [-0.25, -0.2) is 0 Å². The van der Waals surface area contributed by atoms with Crippen molar-refractivity contribution in [2.24, 2.45) is 5.92 Å². The zero-order chi connectivity index (χ0) is 15.1. The Morgan fingerprint density at radius 2 is 1.85 bits per heavy atom. The summed E-state index contributed by atoms with van der Waals surface area (Å²) in [6, 6.07) is 7.02. The van der Waals surface area contributed by atoms with Crippen LogP contribution in [0.5, 0.6) is 5.75 Å². The molecular weight excluding hydrogens is 254 g/mol. The molecule has 0 bridgehead atoms. The highest BCUT2D eigenvalue weighted by Crippen LogP contribution is 2.20. The Labute approximate surface area is 120 Å². The Hall–Kier alpha value is -1.84. The number of carbonyl (C=O) groups is 2. The molecule has 110 valence electrons. The Morgan fingerprint density at radius 1 is 1.20 bits per heavy atom. The summed E-state index contributed by atoms with van der Waals surface area (Å²) in [4.78, 5) is 23.7. The van der Waals surface area contributed by atoms with Gasteiger partial charge in [-0.3, -0.25) is 9.59 Å². The maximum atomic E-state index is 11.9. The van der Waals surface area contributed by atoms with Gasteiger partial charge in [-0.2, -0.15) is 0 Å². The molecule has 1 atom stereocenters. The summed E-state index contributed by atoms with van der Waals surface area (Å²) in [5.41, 5.74) is 0.526. The zero-order valence-corrected chi connectivity index (χ0v) is 12.6. The lowest BCUT2D eigenvalue weighted by molar-refractivity contribution is -0.127. The SMILES string of the molecule is CCC(=O)c1ccccc1OC(C)C(=O)NCC(C)C. The molecule has 4 nitrogen and oxygen atoms in total. The van der Waals surface area contributed by atoms with E-state index >= 15 is 0 Å². The fourth-order valence-electron chi connectivity index (χ4n) is 1.68. The molecule has 0 saturated carbocycles. The van der Waals surface area contributed by atoms with E-state index in [-0.39, 0.29) is 11.7 Å². The van der Waals surface area contributed by atoms with E-state index in [0.29, 0.717) is 30.2 Å². The summed E-state index contributed by atoms with van der Waals surface area (Å²) in [6.07, 6.45) is -0.214. The van der Waals surface area contributed by atoms with E-state index in [2.05, 4.69) is 5.32 Å². The average molecular weight is 277 g/mol. The highest BCUT2D eigenvalue weighted by Gasteiger charge is 2.18. The van der Waals surface area contributed by atoms with Crippen molar-refractivity contribution in [3.63, 3.8) is 0 Å². The van der Waals surface area contributed by atoms with Crippen molar-refractivity contribution in [3.05, 3.63) is 29.8 Å². The molecule has 1 amide bonds. The standard InChI is InChI=1S/C16H23NO3/c1-5-14(18)13-8-6-7-9-15(13)20-12(4)16(19)17-10-11(2)3/h6-9,11-12H,5,10H2,1-4H3,(H,17,19). The van der Waals surface area contributed by atoms with Gasteiger partial charge in [-0.1, -0.05) is 32.9 Å². The number of amides is 1. The number of para-hydroxylation sites is 1. The number of hydrogen-bond acceptors (Lipinski definition) is 3. The molecule has 0 saturated heterocycles. The van der Waals surface area contributed by atoms with E-state index in [1.807, 2.05) is 13.8 Å². The van der Waals surface area contributed by atoms with Gasteiger partial charge in [0.1, 0.15) is 5.75 Å².